The molecule has 0 spiro atoms. The number of pyridine rings is 1. The number of carboxylic acid groups (broad SMARTS) is 2. The number of halogens is 9. The molecule has 0 saturated carbocycles. The second-order valence-electron chi connectivity index (χ2n) is 7.24. The second-order valence-corrected chi connectivity index (χ2v) is 7.24. The normalized spacial score (nSPS) is 14.6. The maximum atomic E-state index is 12.5. The van der Waals surface area contributed by atoms with Gasteiger partial charge in [-0.1, -0.05) is 0 Å². The lowest BCUT2D eigenvalue weighted by Gasteiger charge is -2.36. The predicted octanol–water partition coefficient (Wildman–Crippen LogP) is 4.09. The number of hydrogen-bond donors (Lipinski definition) is 2. The molecule has 1 aromatic heterocycles. The molecule has 2 N–H and O–H groups in total. The van der Waals surface area contributed by atoms with E-state index in [1.807, 2.05) is 4.90 Å². The minimum Gasteiger partial charge on any atom is -0.475 e. The zero-order chi connectivity index (χ0) is 29.5. The van der Waals surface area contributed by atoms with Gasteiger partial charge in [-0.25, -0.2) is 9.59 Å². The summed E-state index contributed by atoms with van der Waals surface area (Å²) in [6.45, 7) is 0.481. The number of nitrogens with zero attached hydrogens (tertiary/aromatic N) is 4. The summed E-state index contributed by atoms with van der Waals surface area (Å²) in [5.41, 5.74) is 1.18. The fourth-order valence-electron chi connectivity index (χ4n) is 2.96. The van der Waals surface area contributed by atoms with Crippen LogP contribution in [-0.4, -0.2) is 88.2 Å². The van der Waals surface area contributed by atoms with Gasteiger partial charge in [0, 0.05) is 38.4 Å². The number of fused-ring (bicyclic) bond motifs is 1. The first-order valence-electron chi connectivity index (χ1n) is 9.90. The van der Waals surface area contributed by atoms with Gasteiger partial charge in [-0.15, -0.1) is 0 Å². The Morgan fingerprint density at radius 2 is 1.37 bits per heavy atom. The fourth-order valence-corrected chi connectivity index (χ4v) is 2.96. The highest BCUT2D eigenvalue weighted by atomic mass is 19.4. The van der Waals surface area contributed by atoms with Gasteiger partial charge >= 0.3 is 30.5 Å². The molecule has 3 rings (SSSR count). The summed E-state index contributed by atoms with van der Waals surface area (Å²) in [5, 5.41) is 25.8. The largest absolute Gasteiger partial charge is 0.490 e. The third-order valence-corrected chi connectivity index (χ3v) is 4.52. The molecule has 2 aromatic rings. The Morgan fingerprint density at radius 3 is 1.76 bits per heavy atom. The van der Waals surface area contributed by atoms with Crippen molar-refractivity contribution in [1.29, 1.82) is 0 Å². The van der Waals surface area contributed by atoms with Gasteiger partial charge in [0.2, 0.25) is 0 Å². The molecule has 1 fully saturated rings. The van der Waals surface area contributed by atoms with Crippen LogP contribution < -0.4 is 4.90 Å². The van der Waals surface area contributed by atoms with Crippen molar-refractivity contribution in [1.82, 2.24) is 9.88 Å². The minimum absolute atomic E-state index is 0.0300. The highest BCUT2D eigenvalue weighted by Gasteiger charge is 2.39. The van der Waals surface area contributed by atoms with E-state index in [1.165, 1.54) is 11.0 Å². The van der Waals surface area contributed by atoms with Crippen LogP contribution in [0.3, 0.4) is 0 Å². The summed E-state index contributed by atoms with van der Waals surface area (Å²) in [4.78, 5) is 36.0. The number of alkyl halides is 9. The summed E-state index contributed by atoms with van der Waals surface area (Å²) in [6.07, 6.45) is -12.8. The SMILES string of the molecule is O=C(O)C(F)(F)F.O=C(O)C(F)(F)F.O=[N+]([O-])c1ccc(N2CCN(CC(F)(F)F)CC2)c2ncccc12. The quantitative estimate of drug-likeness (QED) is 0.319. The van der Waals surface area contributed by atoms with Crippen LogP contribution in [0.25, 0.3) is 10.9 Å². The lowest BCUT2D eigenvalue weighted by molar-refractivity contribution is -0.383. The van der Waals surface area contributed by atoms with Gasteiger partial charge in [0.25, 0.3) is 5.69 Å². The summed E-state index contributed by atoms with van der Waals surface area (Å²) >= 11 is 0. The van der Waals surface area contributed by atoms with Crippen LogP contribution in [0.5, 0.6) is 0 Å². The predicted molar refractivity (Wildman–Crippen MR) is 110 cm³/mol. The van der Waals surface area contributed by atoms with Gasteiger partial charge in [-0.3, -0.25) is 20.0 Å². The third kappa shape index (κ3) is 10.2. The maximum absolute atomic E-state index is 12.5. The fraction of sp³-hybridized carbons (Fsp3) is 0.421. The highest BCUT2D eigenvalue weighted by molar-refractivity contribution is 5.97. The molecule has 38 heavy (non-hydrogen) atoms. The number of non-ortho nitro benzene ring substituents is 1. The lowest BCUT2D eigenvalue weighted by atomic mass is 10.1. The van der Waals surface area contributed by atoms with E-state index in [9.17, 15) is 49.6 Å². The van der Waals surface area contributed by atoms with Gasteiger partial charge in [-0.2, -0.15) is 39.5 Å². The molecule has 1 aliphatic rings. The van der Waals surface area contributed by atoms with Crippen LogP contribution in [0.15, 0.2) is 30.5 Å². The zero-order valence-corrected chi connectivity index (χ0v) is 18.6. The number of benzene rings is 1. The van der Waals surface area contributed by atoms with Crippen LogP contribution in [0.2, 0.25) is 0 Å². The number of piperazine rings is 1. The minimum atomic E-state index is -5.08. The Bertz CT molecular complexity index is 1110. The molecule has 0 atom stereocenters. The number of rotatable bonds is 3. The number of carbonyl (C=O) groups is 2. The molecule has 1 saturated heterocycles. The van der Waals surface area contributed by atoms with Gasteiger partial charge < -0.3 is 15.1 Å². The molecule has 10 nitrogen and oxygen atoms in total. The van der Waals surface area contributed by atoms with Crippen LogP contribution in [0.1, 0.15) is 0 Å². The average molecular weight is 568 g/mol. The number of aliphatic carboxylic acids is 2. The number of nitro groups is 1. The highest BCUT2D eigenvalue weighted by Crippen LogP contribution is 2.32. The molecule has 0 unspecified atom stereocenters. The summed E-state index contributed by atoms with van der Waals surface area (Å²) in [6, 6.07) is 6.29. The molecule has 1 aliphatic heterocycles. The Kier molecular flexibility index (Phi) is 10.6. The van der Waals surface area contributed by atoms with Gasteiger partial charge in [0.15, 0.2) is 0 Å². The molecule has 0 radical (unpaired) electrons. The van der Waals surface area contributed by atoms with E-state index in [0.717, 1.165) is 0 Å². The zero-order valence-electron chi connectivity index (χ0n) is 18.6. The van der Waals surface area contributed by atoms with E-state index in [2.05, 4.69) is 4.98 Å². The number of hydrogen-bond acceptors (Lipinski definition) is 7. The Labute approximate surface area is 206 Å². The first-order valence-corrected chi connectivity index (χ1v) is 9.90. The number of nitro benzene ring substituents is 1. The first-order chi connectivity index (χ1) is 17.2. The number of aromatic nitrogens is 1. The van der Waals surface area contributed by atoms with E-state index in [-0.39, 0.29) is 18.8 Å². The molecule has 19 heteroatoms. The van der Waals surface area contributed by atoms with Crippen molar-refractivity contribution in [3.05, 3.63) is 40.6 Å². The van der Waals surface area contributed by atoms with E-state index in [1.54, 1.807) is 24.4 Å². The number of anilines is 1. The number of carboxylic acids is 2. The first kappa shape index (κ1) is 32.1. The Hall–Kier alpha value is -3.90. The van der Waals surface area contributed by atoms with Crippen LogP contribution >= 0.6 is 0 Å². The van der Waals surface area contributed by atoms with Crippen LogP contribution in [0.4, 0.5) is 50.9 Å². The molecule has 2 heterocycles. The average Bonchev–Trinajstić information content (AvgIpc) is 2.77. The van der Waals surface area contributed by atoms with Crippen molar-refractivity contribution in [2.45, 2.75) is 18.5 Å². The maximum Gasteiger partial charge on any atom is 0.490 e. The molecular formula is C19H17F9N4O6. The summed E-state index contributed by atoms with van der Waals surface area (Å²) in [7, 11) is 0. The summed E-state index contributed by atoms with van der Waals surface area (Å²) in [5.74, 6) is -5.51. The molecule has 1 aromatic carbocycles. The van der Waals surface area contributed by atoms with Crippen LogP contribution in [-0.2, 0) is 9.59 Å². The molecular weight excluding hydrogens is 551 g/mol. The Balaban J connectivity index is 0.000000426. The summed E-state index contributed by atoms with van der Waals surface area (Å²) < 4.78 is 101. The van der Waals surface area contributed by atoms with E-state index < -0.39 is 41.9 Å². The molecule has 212 valence electrons. The van der Waals surface area contributed by atoms with Crippen molar-refractivity contribution < 1.29 is 64.2 Å². The third-order valence-electron chi connectivity index (χ3n) is 4.52. The molecule has 0 bridgehead atoms. The standard InChI is InChI=1S/C15H15F3N4O2.2C2HF3O2/c16-15(17,18)10-20-6-8-21(9-7-20)13-4-3-12(22(23)24)11-2-1-5-19-14(11)13;2*3-2(4,5)1(6)7/h1-5H,6-10H2;2*(H,6,7). The molecule has 0 amide bonds. The van der Waals surface area contributed by atoms with Crippen LogP contribution in [0, 0.1) is 10.1 Å². The van der Waals surface area contributed by atoms with Crippen molar-refractivity contribution in [3.63, 3.8) is 0 Å². The van der Waals surface area contributed by atoms with Gasteiger partial charge in [0.1, 0.15) is 5.52 Å². The van der Waals surface area contributed by atoms with Crippen molar-refractivity contribution in [2.24, 2.45) is 0 Å². The second kappa shape index (κ2) is 12.6. The topological polar surface area (TPSA) is 137 Å². The molecule has 0 aliphatic carbocycles. The van der Waals surface area contributed by atoms with E-state index in [0.29, 0.717) is 29.7 Å². The van der Waals surface area contributed by atoms with Gasteiger partial charge in [-0.05, 0) is 18.2 Å². The monoisotopic (exact) mass is 568 g/mol. The van der Waals surface area contributed by atoms with Crippen molar-refractivity contribution >= 4 is 34.2 Å². The smallest absolute Gasteiger partial charge is 0.475 e. The van der Waals surface area contributed by atoms with Gasteiger partial charge in [0.05, 0.1) is 22.5 Å². The van der Waals surface area contributed by atoms with E-state index in [4.69, 9.17) is 19.8 Å². The Morgan fingerprint density at radius 1 is 0.895 bits per heavy atom. The van der Waals surface area contributed by atoms with Crippen molar-refractivity contribution in [2.75, 3.05) is 37.6 Å². The lowest BCUT2D eigenvalue weighted by Crippen LogP contribution is -2.49. The van der Waals surface area contributed by atoms with Crippen molar-refractivity contribution in [3.8, 4) is 0 Å². The van der Waals surface area contributed by atoms with E-state index >= 15 is 0 Å².